The molecule has 1 aromatic heterocycles. The third kappa shape index (κ3) is 1.34. The smallest absolute Gasteiger partial charge is 0.253 e. The summed E-state index contributed by atoms with van der Waals surface area (Å²) in [5, 5.41) is 0. The SMILES string of the molecule is Cc1cc(=O)n(C)c(C=O)n1. The van der Waals surface area contributed by atoms with Gasteiger partial charge in [-0.2, -0.15) is 0 Å². The van der Waals surface area contributed by atoms with Crippen molar-refractivity contribution in [3.05, 3.63) is 27.9 Å². The van der Waals surface area contributed by atoms with Gasteiger partial charge in [-0.15, -0.1) is 0 Å². The molecule has 0 atom stereocenters. The van der Waals surface area contributed by atoms with Crippen molar-refractivity contribution in [3.8, 4) is 0 Å². The van der Waals surface area contributed by atoms with Crippen LogP contribution >= 0.6 is 0 Å². The Hall–Kier alpha value is -1.45. The summed E-state index contributed by atoms with van der Waals surface area (Å²) in [6.07, 6.45) is 0.564. The van der Waals surface area contributed by atoms with Crippen molar-refractivity contribution < 1.29 is 4.79 Å². The summed E-state index contributed by atoms with van der Waals surface area (Å²) in [5.74, 6) is 0.162. The van der Waals surface area contributed by atoms with Gasteiger partial charge in [-0.25, -0.2) is 4.98 Å². The minimum absolute atomic E-state index is 0.162. The number of aromatic nitrogens is 2. The number of nitrogens with zero attached hydrogens (tertiary/aromatic N) is 2. The van der Waals surface area contributed by atoms with E-state index in [4.69, 9.17) is 0 Å². The first-order valence-electron chi connectivity index (χ1n) is 3.15. The molecule has 1 aromatic rings. The fourth-order valence-corrected chi connectivity index (χ4v) is 0.782. The van der Waals surface area contributed by atoms with Gasteiger partial charge in [-0.1, -0.05) is 0 Å². The van der Waals surface area contributed by atoms with Crippen LogP contribution in [0.4, 0.5) is 0 Å². The Bertz CT molecular complexity index is 341. The zero-order valence-corrected chi connectivity index (χ0v) is 6.37. The van der Waals surface area contributed by atoms with E-state index < -0.39 is 0 Å². The second-order valence-electron chi connectivity index (χ2n) is 2.27. The maximum atomic E-state index is 11.0. The van der Waals surface area contributed by atoms with Crippen LogP contribution in [0.25, 0.3) is 0 Å². The Morgan fingerprint density at radius 1 is 1.64 bits per heavy atom. The summed E-state index contributed by atoms with van der Waals surface area (Å²) >= 11 is 0. The van der Waals surface area contributed by atoms with Gasteiger partial charge >= 0.3 is 0 Å². The zero-order valence-electron chi connectivity index (χ0n) is 6.37. The van der Waals surface area contributed by atoms with Gasteiger partial charge in [0.25, 0.3) is 5.56 Å². The second kappa shape index (κ2) is 2.65. The van der Waals surface area contributed by atoms with Crippen LogP contribution < -0.4 is 5.56 Å². The molecule has 0 fully saturated rings. The van der Waals surface area contributed by atoms with E-state index in [2.05, 4.69) is 4.98 Å². The first-order chi connectivity index (χ1) is 5.15. The molecule has 0 aliphatic carbocycles. The van der Waals surface area contributed by atoms with Crippen molar-refractivity contribution in [1.82, 2.24) is 9.55 Å². The maximum absolute atomic E-state index is 11.0. The average Bonchev–Trinajstić information content (AvgIpc) is 1.96. The Balaban J connectivity index is 3.48. The highest BCUT2D eigenvalue weighted by Gasteiger charge is 1.99. The standard InChI is InChI=1S/C7H8N2O2/c1-5-3-7(11)9(2)6(4-10)8-5/h3-4H,1-2H3. The Morgan fingerprint density at radius 3 is 2.82 bits per heavy atom. The highest BCUT2D eigenvalue weighted by molar-refractivity contribution is 5.68. The molecule has 1 heterocycles. The minimum Gasteiger partial charge on any atom is -0.294 e. The number of carbonyl (C=O) groups excluding carboxylic acids is 1. The number of aldehydes is 1. The van der Waals surface area contributed by atoms with E-state index in [9.17, 15) is 9.59 Å². The molecule has 0 N–H and O–H groups in total. The average molecular weight is 152 g/mol. The highest BCUT2D eigenvalue weighted by atomic mass is 16.1. The van der Waals surface area contributed by atoms with Gasteiger partial charge in [-0.3, -0.25) is 14.2 Å². The third-order valence-electron chi connectivity index (χ3n) is 1.40. The van der Waals surface area contributed by atoms with Gasteiger partial charge in [0, 0.05) is 18.8 Å². The largest absolute Gasteiger partial charge is 0.294 e. The summed E-state index contributed by atoms with van der Waals surface area (Å²) in [6, 6.07) is 1.38. The molecule has 0 aliphatic rings. The third-order valence-corrected chi connectivity index (χ3v) is 1.40. The molecule has 0 aromatic carbocycles. The van der Waals surface area contributed by atoms with Crippen LogP contribution in [0.1, 0.15) is 16.3 Å². The Morgan fingerprint density at radius 2 is 2.27 bits per heavy atom. The van der Waals surface area contributed by atoms with Crippen LogP contribution in [-0.4, -0.2) is 15.8 Å². The molecule has 0 unspecified atom stereocenters. The van der Waals surface area contributed by atoms with Crippen LogP contribution in [0.2, 0.25) is 0 Å². The molecule has 4 heteroatoms. The highest BCUT2D eigenvalue weighted by Crippen LogP contribution is 1.88. The quantitative estimate of drug-likeness (QED) is 0.528. The Kier molecular flexibility index (Phi) is 1.85. The van der Waals surface area contributed by atoms with Gasteiger partial charge in [0.2, 0.25) is 0 Å². The van der Waals surface area contributed by atoms with E-state index in [0.29, 0.717) is 12.0 Å². The summed E-state index contributed by atoms with van der Waals surface area (Å²) in [7, 11) is 1.51. The molecule has 0 amide bonds. The number of aryl methyl sites for hydroxylation is 1. The summed E-state index contributed by atoms with van der Waals surface area (Å²) in [4.78, 5) is 25.1. The number of hydrogen-bond acceptors (Lipinski definition) is 3. The van der Waals surface area contributed by atoms with Crippen molar-refractivity contribution in [2.24, 2.45) is 7.05 Å². The maximum Gasteiger partial charge on any atom is 0.253 e. The van der Waals surface area contributed by atoms with Gasteiger partial charge < -0.3 is 0 Å². The lowest BCUT2D eigenvalue weighted by Crippen LogP contribution is -2.21. The van der Waals surface area contributed by atoms with Gasteiger partial charge in [0.1, 0.15) is 0 Å². The fraction of sp³-hybridized carbons (Fsp3) is 0.286. The molecule has 58 valence electrons. The number of hydrogen-bond donors (Lipinski definition) is 0. The first kappa shape index (κ1) is 7.65. The van der Waals surface area contributed by atoms with E-state index in [1.165, 1.54) is 17.7 Å². The van der Waals surface area contributed by atoms with Gasteiger partial charge in [-0.05, 0) is 6.92 Å². The molecule has 1 rings (SSSR count). The van der Waals surface area contributed by atoms with E-state index in [1.807, 2.05) is 0 Å². The van der Waals surface area contributed by atoms with Crippen LogP contribution in [0.5, 0.6) is 0 Å². The molecule has 0 bridgehead atoms. The topological polar surface area (TPSA) is 52.0 Å². The van der Waals surface area contributed by atoms with Crippen molar-refractivity contribution in [1.29, 1.82) is 0 Å². The van der Waals surface area contributed by atoms with E-state index >= 15 is 0 Å². The lowest BCUT2D eigenvalue weighted by Gasteiger charge is -1.99. The second-order valence-corrected chi connectivity index (χ2v) is 2.27. The van der Waals surface area contributed by atoms with Crippen molar-refractivity contribution >= 4 is 6.29 Å². The van der Waals surface area contributed by atoms with Crippen LogP contribution in [0.15, 0.2) is 10.9 Å². The molecule has 0 spiro atoms. The fourth-order valence-electron chi connectivity index (χ4n) is 0.782. The minimum atomic E-state index is -0.209. The predicted molar refractivity (Wildman–Crippen MR) is 39.6 cm³/mol. The number of carbonyl (C=O) groups is 1. The normalized spacial score (nSPS) is 9.64. The Labute approximate surface area is 63.5 Å². The van der Waals surface area contributed by atoms with Gasteiger partial charge in [0.15, 0.2) is 12.1 Å². The summed E-state index contributed by atoms with van der Waals surface area (Å²) in [6.45, 7) is 1.67. The first-order valence-corrected chi connectivity index (χ1v) is 3.15. The number of rotatable bonds is 1. The molecule has 11 heavy (non-hydrogen) atoms. The molecule has 0 saturated heterocycles. The van der Waals surface area contributed by atoms with Gasteiger partial charge in [0.05, 0.1) is 0 Å². The van der Waals surface area contributed by atoms with E-state index in [-0.39, 0.29) is 11.4 Å². The molecule has 4 nitrogen and oxygen atoms in total. The van der Waals surface area contributed by atoms with Crippen LogP contribution in [0, 0.1) is 6.92 Å². The van der Waals surface area contributed by atoms with E-state index in [0.717, 1.165) is 0 Å². The van der Waals surface area contributed by atoms with E-state index in [1.54, 1.807) is 6.92 Å². The van der Waals surface area contributed by atoms with Crippen LogP contribution in [0.3, 0.4) is 0 Å². The van der Waals surface area contributed by atoms with Crippen molar-refractivity contribution in [3.63, 3.8) is 0 Å². The molecular weight excluding hydrogens is 144 g/mol. The summed E-state index contributed by atoms with van der Waals surface area (Å²) < 4.78 is 1.21. The lowest BCUT2D eigenvalue weighted by molar-refractivity contribution is 0.111. The zero-order chi connectivity index (χ0) is 8.43. The predicted octanol–water partition coefficient (Wildman–Crippen LogP) is -0.0988. The molecular formula is C7H8N2O2. The molecule has 0 saturated carbocycles. The summed E-state index contributed by atoms with van der Waals surface area (Å²) in [5.41, 5.74) is 0.356. The van der Waals surface area contributed by atoms with Crippen molar-refractivity contribution in [2.75, 3.05) is 0 Å². The monoisotopic (exact) mass is 152 g/mol. The molecule has 0 aliphatic heterocycles. The van der Waals surface area contributed by atoms with Crippen LogP contribution in [-0.2, 0) is 7.05 Å². The van der Waals surface area contributed by atoms with Crippen molar-refractivity contribution in [2.45, 2.75) is 6.92 Å². The molecule has 0 radical (unpaired) electrons. The lowest BCUT2D eigenvalue weighted by atomic mass is 10.4.